The van der Waals surface area contributed by atoms with Gasteiger partial charge in [0.25, 0.3) is 0 Å². The van der Waals surface area contributed by atoms with Crippen LogP contribution in [-0.4, -0.2) is 23.3 Å². The van der Waals surface area contributed by atoms with E-state index in [0.717, 1.165) is 18.9 Å². The van der Waals surface area contributed by atoms with Crippen molar-refractivity contribution in [1.29, 1.82) is 0 Å². The predicted octanol–water partition coefficient (Wildman–Crippen LogP) is 2.32. The summed E-state index contributed by atoms with van der Waals surface area (Å²) in [6, 6.07) is 0.565. The lowest BCUT2D eigenvalue weighted by atomic mass is 9.97. The zero-order chi connectivity index (χ0) is 10.6. The van der Waals surface area contributed by atoms with Crippen LogP contribution in [0.15, 0.2) is 0 Å². The van der Waals surface area contributed by atoms with Crippen LogP contribution in [0.4, 0.5) is 0 Å². The summed E-state index contributed by atoms with van der Waals surface area (Å²) in [6.07, 6.45) is 6.32. The van der Waals surface area contributed by atoms with E-state index in [-0.39, 0.29) is 0 Å². The predicted molar refractivity (Wildman–Crippen MR) is 60.3 cm³/mol. The molecule has 0 amide bonds. The van der Waals surface area contributed by atoms with Gasteiger partial charge in [-0.15, -0.1) is 0 Å². The van der Waals surface area contributed by atoms with E-state index in [9.17, 15) is 5.11 Å². The normalized spacial score (nSPS) is 24.9. The van der Waals surface area contributed by atoms with Gasteiger partial charge in [-0.2, -0.15) is 0 Å². The molecule has 14 heavy (non-hydrogen) atoms. The van der Waals surface area contributed by atoms with Crippen molar-refractivity contribution in [3.63, 3.8) is 0 Å². The molecule has 2 N–H and O–H groups in total. The standard InChI is InChI=1S/C12H25NO/c1-4-12(3,14)9-13-10(2)11-7-5-6-8-11/h10-11,13-14H,4-9H2,1-3H3. The summed E-state index contributed by atoms with van der Waals surface area (Å²) in [4.78, 5) is 0. The van der Waals surface area contributed by atoms with Crippen molar-refractivity contribution in [3.05, 3.63) is 0 Å². The highest BCUT2D eigenvalue weighted by atomic mass is 16.3. The monoisotopic (exact) mass is 199 g/mol. The number of hydrogen-bond donors (Lipinski definition) is 2. The molecule has 0 aromatic carbocycles. The van der Waals surface area contributed by atoms with Crippen LogP contribution in [-0.2, 0) is 0 Å². The van der Waals surface area contributed by atoms with Gasteiger partial charge in [-0.1, -0.05) is 19.8 Å². The Bertz CT molecular complexity index is 162. The maximum absolute atomic E-state index is 9.85. The average molecular weight is 199 g/mol. The zero-order valence-electron chi connectivity index (χ0n) is 9.84. The van der Waals surface area contributed by atoms with Crippen molar-refractivity contribution in [2.75, 3.05) is 6.54 Å². The van der Waals surface area contributed by atoms with E-state index in [4.69, 9.17) is 0 Å². The Balaban J connectivity index is 2.23. The van der Waals surface area contributed by atoms with Gasteiger partial charge in [0.15, 0.2) is 0 Å². The van der Waals surface area contributed by atoms with Gasteiger partial charge in [0.2, 0.25) is 0 Å². The highest BCUT2D eigenvalue weighted by molar-refractivity contribution is 4.81. The van der Waals surface area contributed by atoms with E-state index < -0.39 is 5.60 Å². The zero-order valence-corrected chi connectivity index (χ0v) is 9.84. The quantitative estimate of drug-likeness (QED) is 0.712. The van der Waals surface area contributed by atoms with E-state index in [0.29, 0.717) is 6.04 Å². The Kier molecular flexibility index (Phi) is 4.39. The van der Waals surface area contributed by atoms with Gasteiger partial charge in [0.1, 0.15) is 0 Å². The molecule has 2 heteroatoms. The van der Waals surface area contributed by atoms with Crippen LogP contribution in [0.5, 0.6) is 0 Å². The molecule has 1 aliphatic rings. The molecule has 0 bridgehead atoms. The summed E-state index contributed by atoms with van der Waals surface area (Å²) in [5.41, 5.74) is -0.535. The molecular formula is C12H25NO. The van der Waals surface area contributed by atoms with E-state index in [1.807, 2.05) is 13.8 Å². The first-order valence-electron chi connectivity index (χ1n) is 6.01. The molecule has 1 saturated carbocycles. The first kappa shape index (κ1) is 12.0. The van der Waals surface area contributed by atoms with Crippen molar-refractivity contribution in [3.8, 4) is 0 Å². The third kappa shape index (κ3) is 3.58. The van der Waals surface area contributed by atoms with Gasteiger partial charge in [-0.25, -0.2) is 0 Å². The molecule has 0 radical (unpaired) electrons. The van der Waals surface area contributed by atoms with E-state index in [1.165, 1.54) is 25.7 Å². The molecule has 84 valence electrons. The molecule has 1 fully saturated rings. The lowest BCUT2D eigenvalue weighted by Crippen LogP contribution is -2.43. The fourth-order valence-electron chi connectivity index (χ4n) is 2.13. The minimum atomic E-state index is -0.535. The third-order valence-electron chi connectivity index (χ3n) is 3.67. The van der Waals surface area contributed by atoms with Gasteiger partial charge in [0.05, 0.1) is 5.60 Å². The Labute approximate surface area is 88.1 Å². The number of hydrogen-bond acceptors (Lipinski definition) is 2. The molecule has 2 nitrogen and oxygen atoms in total. The third-order valence-corrected chi connectivity index (χ3v) is 3.67. The summed E-state index contributed by atoms with van der Waals surface area (Å²) in [5.74, 6) is 0.836. The van der Waals surface area contributed by atoms with Gasteiger partial charge in [0, 0.05) is 12.6 Å². The Morgan fingerprint density at radius 2 is 2.00 bits per heavy atom. The minimum Gasteiger partial charge on any atom is -0.389 e. The fourth-order valence-corrected chi connectivity index (χ4v) is 2.13. The van der Waals surface area contributed by atoms with Crippen molar-refractivity contribution in [2.24, 2.45) is 5.92 Å². The molecule has 1 rings (SSSR count). The van der Waals surface area contributed by atoms with Crippen LogP contribution >= 0.6 is 0 Å². The second-order valence-corrected chi connectivity index (χ2v) is 5.06. The number of rotatable bonds is 5. The van der Waals surface area contributed by atoms with Crippen molar-refractivity contribution >= 4 is 0 Å². The second kappa shape index (κ2) is 5.13. The highest BCUT2D eigenvalue weighted by Crippen LogP contribution is 2.27. The van der Waals surface area contributed by atoms with Crippen LogP contribution in [0.2, 0.25) is 0 Å². The summed E-state index contributed by atoms with van der Waals surface area (Å²) < 4.78 is 0. The summed E-state index contributed by atoms with van der Waals surface area (Å²) in [7, 11) is 0. The SMILES string of the molecule is CCC(C)(O)CNC(C)C1CCCC1. The lowest BCUT2D eigenvalue weighted by Gasteiger charge is -2.27. The maximum Gasteiger partial charge on any atom is 0.0741 e. The van der Waals surface area contributed by atoms with Crippen LogP contribution in [0, 0.1) is 5.92 Å². The Morgan fingerprint density at radius 1 is 1.43 bits per heavy atom. The van der Waals surface area contributed by atoms with Gasteiger partial charge in [-0.3, -0.25) is 0 Å². The molecule has 2 atom stereocenters. The molecule has 0 saturated heterocycles. The summed E-state index contributed by atoms with van der Waals surface area (Å²) in [6.45, 7) is 6.91. The number of aliphatic hydroxyl groups is 1. The molecule has 0 spiro atoms. The molecule has 0 heterocycles. The first-order valence-corrected chi connectivity index (χ1v) is 6.01. The van der Waals surface area contributed by atoms with Crippen molar-refractivity contribution in [1.82, 2.24) is 5.32 Å². The van der Waals surface area contributed by atoms with E-state index in [1.54, 1.807) is 0 Å². The lowest BCUT2D eigenvalue weighted by molar-refractivity contribution is 0.0512. The van der Waals surface area contributed by atoms with Crippen molar-refractivity contribution in [2.45, 2.75) is 64.5 Å². The van der Waals surface area contributed by atoms with Gasteiger partial charge in [-0.05, 0) is 39.0 Å². The average Bonchev–Trinajstić information content (AvgIpc) is 2.67. The molecule has 0 aliphatic heterocycles. The smallest absolute Gasteiger partial charge is 0.0741 e. The molecule has 0 aromatic rings. The largest absolute Gasteiger partial charge is 0.389 e. The maximum atomic E-state index is 9.85. The topological polar surface area (TPSA) is 32.3 Å². The second-order valence-electron chi connectivity index (χ2n) is 5.06. The van der Waals surface area contributed by atoms with Crippen LogP contribution in [0.25, 0.3) is 0 Å². The molecule has 2 unspecified atom stereocenters. The molecule has 0 aromatic heterocycles. The molecule has 1 aliphatic carbocycles. The minimum absolute atomic E-state index is 0.535. The van der Waals surface area contributed by atoms with Crippen LogP contribution in [0.3, 0.4) is 0 Å². The first-order chi connectivity index (χ1) is 6.55. The van der Waals surface area contributed by atoms with Crippen LogP contribution in [0.1, 0.15) is 52.9 Å². The fraction of sp³-hybridized carbons (Fsp3) is 1.00. The van der Waals surface area contributed by atoms with Crippen LogP contribution < -0.4 is 5.32 Å². The summed E-state index contributed by atoms with van der Waals surface area (Å²) >= 11 is 0. The molecular weight excluding hydrogens is 174 g/mol. The van der Waals surface area contributed by atoms with Crippen molar-refractivity contribution < 1.29 is 5.11 Å². The van der Waals surface area contributed by atoms with Gasteiger partial charge < -0.3 is 10.4 Å². The van der Waals surface area contributed by atoms with E-state index in [2.05, 4.69) is 12.2 Å². The number of nitrogens with one attached hydrogen (secondary N) is 1. The van der Waals surface area contributed by atoms with E-state index >= 15 is 0 Å². The van der Waals surface area contributed by atoms with Gasteiger partial charge >= 0.3 is 0 Å². The Hall–Kier alpha value is -0.0800. The highest BCUT2D eigenvalue weighted by Gasteiger charge is 2.24. The summed E-state index contributed by atoms with van der Waals surface area (Å²) in [5, 5.41) is 13.3. The Morgan fingerprint density at radius 3 is 2.50 bits per heavy atom.